The number of aliphatic carboxylic acids is 1. The molecule has 0 bridgehead atoms. The van der Waals surface area contributed by atoms with Crippen molar-refractivity contribution in [2.45, 2.75) is 0 Å². The summed E-state index contributed by atoms with van der Waals surface area (Å²) in [6.45, 7) is 2.79. The minimum atomic E-state index is -1.24. The molecular formula is C10H8F2O3. The van der Waals surface area contributed by atoms with Crippen LogP contribution in [-0.2, 0) is 4.79 Å². The molecule has 3 nitrogen and oxygen atoms in total. The van der Waals surface area contributed by atoms with E-state index < -0.39 is 24.2 Å². The van der Waals surface area contributed by atoms with Gasteiger partial charge in [0.2, 0.25) is 5.82 Å². The molecule has 0 aliphatic heterocycles. The summed E-state index contributed by atoms with van der Waals surface area (Å²) < 4.78 is 30.4. The number of hydrogen-bond acceptors (Lipinski definition) is 2. The van der Waals surface area contributed by atoms with Crippen LogP contribution < -0.4 is 4.74 Å². The second-order valence-corrected chi connectivity index (χ2v) is 2.75. The lowest BCUT2D eigenvalue weighted by Gasteiger charge is -2.06. The van der Waals surface area contributed by atoms with E-state index in [2.05, 4.69) is 6.58 Å². The monoisotopic (exact) mass is 214 g/mol. The van der Waals surface area contributed by atoms with Crippen molar-refractivity contribution in [2.75, 3.05) is 6.61 Å². The third-order valence-electron chi connectivity index (χ3n) is 1.62. The summed E-state index contributed by atoms with van der Waals surface area (Å²) in [7, 11) is 0. The first kappa shape index (κ1) is 11.2. The SMILES string of the molecule is C=C(COc1cccc(F)c1F)C(=O)O. The zero-order valence-electron chi connectivity index (χ0n) is 7.67. The van der Waals surface area contributed by atoms with Gasteiger partial charge < -0.3 is 9.84 Å². The highest BCUT2D eigenvalue weighted by Gasteiger charge is 2.10. The molecule has 0 heterocycles. The lowest BCUT2D eigenvalue weighted by Crippen LogP contribution is -2.09. The highest BCUT2D eigenvalue weighted by Crippen LogP contribution is 2.19. The van der Waals surface area contributed by atoms with E-state index in [9.17, 15) is 13.6 Å². The van der Waals surface area contributed by atoms with E-state index in [-0.39, 0.29) is 11.3 Å². The molecule has 0 saturated heterocycles. The predicted molar refractivity (Wildman–Crippen MR) is 48.6 cm³/mol. The Morgan fingerprint density at radius 3 is 2.73 bits per heavy atom. The Kier molecular flexibility index (Phi) is 3.38. The molecule has 0 aromatic heterocycles. The molecular weight excluding hydrogens is 206 g/mol. The molecule has 0 saturated carbocycles. The average Bonchev–Trinajstić information content (AvgIpc) is 2.19. The van der Waals surface area contributed by atoms with Crippen molar-refractivity contribution in [1.29, 1.82) is 0 Å². The summed E-state index contributed by atoms with van der Waals surface area (Å²) in [5.41, 5.74) is -0.237. The second-order valence-electron chi connectivity index (χ2n) is 2.75. The average molecular weight is 214 g/mol. The topological polar surface area (TPSA) is 46.5 Å². The van der Waals surface area contributed by atoms with Crippen LogP contribution in [0.15, 0.2) is 30.4 Å². The fourth-order valence-corrected chi connectivity index (χ4v) is 0.822. The smallest absolute Gasteiger partial charge is 0.334 e. The maximum absolute atomic E-state index is 13.0. The van der Waals surface area contributed by atoms with E-state index in [0.29, 0.717) is 0 Å². The lowest BCUT2D eigenvalue weighted by molar-refractivity contribution is -0.133. The fraction of sp³-hybridized carbons (Fsp3) is 0.100. The summed E-state index contributed by atoms with van der Waals surface area (Å²) in [5, 5.41) is 8.44. The first-order chi connectivity index (χ1) is 7.02. The zero-order valence-corrected chi connectivity index (χ0v) is 7.67. The van der Waals surface area contributed by atoms with Crippen molar-refractivity contribution in [2.24, 2.45) is 0 Å². The van der Waals surface area contributed by atoms with E-state index >= 15 is 0 Å². The van der Waals surface area contributed by atoms with Gasteiger partial charge in [0.15, 0.2) is 11.6 Å². The quantitative estimate of drug-likeness (QED) is 0.779. The molecule has 15 heavy (non-hydrogen) atoms. The molecule has 0 spiro atoms. The highest BCUT2D eigenvalue weighted by molar-refractivity contribution is 5.86. The first-order valence-electron chi connectivity index (χ1n) is 4.00. The molecule has 0 aliphatic rings. The Balaban J connectivity index is 2.70. The van der Waals surface area contributed by atoms with Crippen LogP contribution in [-0.4, -0.2) is 17.7 Å². The summed E-state index contributed by atoms with van der Waals surface area (Å²) in [6.07, 6.45) is 0. The lowest BCUT2D eigenvalue weighted by atomic mass is 10.3. The van der Waals surface area contributed by atoms with Crippen molar-refractivity contribution in [3.63, 3.8) is 0 Å². The fourth-order valence-electron chi connectivity index (χ4n) is 0.822. The number of carboxylic acids is 1. The van der Waals surface area contributed by atoms with Crippen LogP contribution in [0.4, 0.5) is 8.78 Å². The van der Waals surface area contributed by atoms with Crippen LogP contribution in [0.2, 0.25) is 0 Å². The predicted octanol–water partition coefficient (Wildman–Crippen LogP) is 1.98. The Morgan fingerprint density at radius 1 is 1.47 bits per heavy atom. The van der Waals surface area contributed by atoms with Gasteiger partial charge in [0.25, 0.3) is 0 Å². The van der Waals surface area contributed by atoms with Gasteiger partial charge >= 0.3 is 5.97 Å². The maximum atomic E-state index is 13.0. The van der Waals surface area contributed by atoms with Crippen LogP contribution >= 0.6 is 0 Å². The van der Waals surface area contributed by atoms with Crippen molar-refractivity contribution < 1.29 is 23.4 Å². The van der Waals surface area contributed by atoms with Gasteiger partial charge in [-0.1, -0.05) is 12.6 Å². The van der Waals surface area contributed by atoms with Crippen molar-refractivity contribution in [3.05, 3.63) is 42.0 Å². The third kappa shape index (κ3) is 2.77. The number of ether oxygens (including phenoxy) is 1. The van der Waals surface area contributed by atoms with Crippen molar-refractivity contribution in [3.8, 4) is 5.75 Å². The van der Waals surface area contributed by atoms with Gasteiger partial charge in [0.05, 0.1) is 5.57 Å². The maximum Gasteiger partial charge on any atom is 0.334 e. The molecule has 1 aromatic carbocycles. The van der Waals surface area contributed by atoms with Crippen LogP contribution in [0.25, 0.3) is 0 Å². The number of carboxylic acid groups (broad SMARTS) is 1. The number of carbonyl (C=O) groups is 1. The standard InChI is InChI=1S/C10H8F2O3/c1-6(10(13)14)5-15-8-4-2-3-7(11)9(8)12/h2-4H,1,5H2,(H,13,14). The van der Waals surface area contributed by atoms with E-state index in [1.54, 1.807) is 0 Å². The van der Waals surface area contributed by atoms with Crippen LogP contribution in [0.1, 0.15) is 0 Å². The number of halogens is 2. The molecule has 1 rings (SSSR count). The number of hydrogen-bond donors (Lipinski definition) is 1. The largest absolute Gasteiger partial charge is 0.485 e. The number of rotatable bonds is 4. The van der Waals surface area contributed by atoms with Gasteiger partial charge in [-0.05, 0) is 12.1 Å². The molecule has 0 radical (unpaired) electrons. The van der Waals surface area contributed by atoms with Crippen molar-refractivity contribution >= 4 is 5.97 Å². The second kappa shape index (κ2) is 4.54. The summed E-state index contributed by atoms with van der Waals surface area (Å²) in [6, 6.07) is 3.40. The van der Waals surface area contributed by atoms with Crippen LogP contribution in [0, 0.1) is 11.6 Å². The Morgan fingerprint density at radius 2 is 2.13 bits per heavy atom. The molecule has 0 fully saturated rings. The van der Waals surface area contributed by atoms with Crippen molar-refractivity contribution in [1.82, 2.24) is 0 Å². The molecule has 0 amide bonds. The molecule has 80 valence electrons. The molecule has 0 atom stereocenters. The Hall–Kier alpha value is -1.91. The summed E-state index contributed by atoms with van der Waals surface area (Å²) in [4.78, 5) is 10.3. The third-order valence-corrected chi connectivity index (χ3v) is 1.62. The van der Waals surface area contributed by atoms with E-state index in [1.807, 2.05) is 0 Å². The molecule has 0 aliphatic carbocycles. The Labute approximate surface area is 84.6 Å². The van der Waals surface area contributed by atoms with E-state index in [1.165, 1.54) is 12.1 Å². The van der Waals surface area contributed by atoms with Gasteiger partial charge in [0, 0.05) is 0 Å². The minimum Gasteiger partial charge on any atom is -0.485 e. The first-order valence-corrected chi connectivity index (χ1v) is 4.00. The normalized spacial score (nSPS) is 9.73. The molecule has 1 N–H and O–H groups in total. The Bertz CT molecular complexity index is 402. The summed E-state index contributed by atoms with van der Waals surface area (Å²) >= 11 is 0. The number of benzene rings is 1. The highest BCUT2D eigenvalue weighted by atomic mass is 19.2. The molecule has 5 heteroatoms. The van der Waals surface area contributed by atoms with Gasteiger partial charge in [-0.3, -0.25) is 0 Å². The van der Waals surface area contributed by atoms with Gasteiger partial charge in [0.1, 0.15) is 6.61 Å². The van der Waals surface area contributed by atoms with Gasteiger partial charge in [-0.25, -0.2) is 9.18 Å². The zero-order chi connectivity index (χ0) is 11.4. The van der Waals surface area contributed by atoms with Crippen LogP contribution in [0.5, 0.6) is 5.75 Å². The van der Waals surface area contributed by atoms with E-state index in [4.69, 9.17) is 9.84 Å². The minimum absolute atomic E-state index is 0.237. The molecule has 0 unspecified atom stereocenters. The summed E-state index contributed by atoms with van der Waals surface area (Å²) in [5.74, 6) is -3.77. The van der Waals surface area contributed by atoms with E-state index in [0.717, 1.165) is 6.07 Å². The van der Waals surface area contributed by atoms with Gasteiger partial charge in [-0.2, -0.15) is 4.39 Å². The molecule has 1 aromatic rings. The van der Waals surface area contributed by atoms with Gasteiger partial charge in [-0.15, -0.1) is 0 Å². The van der Waals surface area contributed by atoms with Crippen LogP contribution in [0.3, 0.4) is 0 Å².